The van der Waals surface area contributed by atoms with E-state index in [0.717, 1.165) is 12.8 Å². The van der Waals surface area contributed by atoms with E-state index in [-0.39, 0.29) is 12.1 Å². The van der Waals surface area contributed by atoms with Gasteiger partial charge in [0.05, 0.1) is 0 Å². The largest absolute Gasteiger partial charge is 0.335 e. The summed E-state index contributed by atoms with van der Waals surface area (Å²) in [6.07, 6.45) is 9.15. The van der Waals surface area contributed by atoms with Crippen LogP contribution in [0.1, 0.15) is 32.6 Å². The molecule has 2 N–H and O–H groups in total. The Bertz CT molecular complexity index is 215. The van der Waals surface area contributed by atoms with Gasteiger partial charge in [-0.1, -0.05) is 0 Å². The number of hydrogen-bond donors (Lipinski definition) is 2. The highest BCUT2D eigenvalue weighted by Gasteiger charge is 2.19. The Hall–Kier alpha value is -1.17. The van der Waals surface area contributed by atoms with Gasteiger partial charge in [-0.2, -0.15) is 0 Å². The molecule has 0 bridgehead atoms. The third kappa shape index (κ3) is 3.37. The number of urea groups is 1. The molecule has 0 aromatic carbocycles. The van der Waals surface area contributed by atoms with Crippen LogP contribution >= 0.6 is 0 Å². The highest BCUT2D eigenvalue weighted by Crippen LogP contribution is 2.17. The van der Waals surface area contributed by atoms with Crippen molar-refractivity contribution in [1.29, 1.82) is 0 Å². The number of carbonyl (C=O) groups is 1. The number of terminal acetylenes is 1. The molecule has 1 atom stereocenters. The van der Waals surface area contributed by atoms with Crippen LogP contribution in [0, 0.1) is 12.3 Å². The molecule has 0 saturated heterocycles. The van der Waals surface area contributed by atoms with Crippen LogP contribution in [0.2, 0.25) is 0 Å². The van der Waals surface area contributed by atoms with Gasteiger partial charge in [-0.05, 0) is 26.2 Å². The zero-order valence-electron chi connectivity index (χ0n) is 7.97. The van der Waals surface area contributed by atoms with Gasteiger partial charge in [0.1, 0.15) is 0 Å². The van der Waals surface area contributed by atoms with Gasteiger partial charge in [-0.15, -0.1) is 12.3 Å². The molecular formula is C10H16N2O. The first-order chi connectivity index (χ1) is 6.22. The number of carbonyl (C=O) groups excluding carboxylic acids is 1. The Morgan fingerprint density at radius 1 is 1.69 bits per heavy atom. The second-order valence-electron chi connectivity index (χ2n) is 3.55. The molecule has 1 rings (SSSR count). The third-order valence-corrected chi connectivity index (χ3v) is 2.24. The Morgan fingerprint density at radius 3 is 2.85 bits per heavy atom. The standard InChI is InChI=1S/C10H16N2O/c1-3-5-8(2)11-10(13)12-9-6-4-7-9/h1,8-9H,4-7H2,2H3,(H2,11,12,13). The summed E-state index contributed by atoms with van der Waals surface area (Å²) in [5.74, 6) is 2.51. The lowest BCUT2D eigenvalue weighted by atomic mass is 9.93. The second-order valence-corrected chi connectivity index (χ2v) is 3.55. The van der Waals surface area contributed by atoms with Gasteiger partial charge in [0, 0.05) is 18.5 Å². The Balaban J connectivity index is 2.13. The van der Waals surface area contributed by atoms with Crippen molar-refractivity contribution in [1.82, 2.24) is 10.6 Å². The SMILES string of the molecule is C#CCC(C)NC(=O)NC1CCC1. The number of hydrogen-bond acceptors (Lipinski definition) is 1. The summed E-state index contributed by atoms with van der Waals surface area (Å²) < 4.78 is 0. The van der Waals surface area contributed by atoms with Gasteiger partial charge >= 0.3 is 6.03 Å². The quantitative estimate of drug-likeness (QED) is 0.630. The van der Waals surface area contributed by atoms with Crippen molar-refractivity contribution in [3.8, 4) is 12.3 Å². The number of rotatable bonds is 3. The highest BCUT2D eigenvalue weighted by atomic mass is 16.2. The molecule has 0 aliphatic heterocycles. The summed E-state index contributed by atoms with van der Waals surface area (Å²) >= 11 is 0. The first-order valence-corrected chi connectivity index (χ1v) is 4.73. The van der Waals surface area contributed by atoms with E-state index in [9.17, 15) is 4.79 Å². The van der Waals surface area contributed by atoms with Crippen LogP contribution in [0.4, 0.5) is 4.79 Å². The zero-order valence-corrected chi connectivity index (χ0v) is 7.97. The van der Waals surface area contributed by atoms with Crippen LogP contribution in [0.15, 0.2) is 0 Å². The summed E-state index contributed by atoms with van der Waals surface area (Å²) in [6.45, 7) is 1.90. The molecule has 1 saturated carbocycles. The smallest absolute Gasteiger partial charge is 0.315 e. The summed E-state index contributed by atoms with van der Waals surface area (Å²) in [7, 11) is 0. The van der Waals surface area contributed by atoms with Gasteiger partial charge < -0.3 is 10.6 Å². The minimum Gasteiger partial charge on any atom is -0.335 e. The van der Waals surface area contributed by atoms with Crippen LogP contribution in [-0.4, -0.2) is 18.1 Å². The molecule has 1 fully saturated rings. The Kier molecular flexibility index (Phi) is 3.63. The van der Waals surface area contributed by atoms with E-state index in [1.807, 2.05) is 6.92 Å². The molecule has 13 heavy (non-hydrogen) atoms. The fourth-order valence-corrected chi connectivity index (χ4v) is 1.23. The monoisotopic (exact) mass is 180 g/mol. The van der Waals surface area contributed by atoms with E-state index in [1.54, 1.807) is 0 Å². The van der Waals surface area contributed by atoms with Gasteiger partial charge in [0.25, 0.3) is 0 Å². The van der Waals surface area contributed by atoms with E-state index in [0.29, 0.717) is 12.5 Å². The van der Waals surface area contributed by atoms with Gasteiger partial charge in [-0.3, -0.25) is 0 Å². The molecule has 0 heterocycles. The zero-order chi connectivity index (χ0) is 9.68. The predicted molar refractivity (Wildman–Crippen MR) is 52.2 cm³/mol. The van der Waals surface area contributed by atoms with E-state index in [2.05, 4.69) is 16.6 Å². The molecule has 0 radical (unpaired) electrons. The van der Waals surface area contributed by atoms with Crippen molar-refractivity contribution >= 4 is 6.03 Å². The molecule has 0 aromatic rings. The molecular weight excluding hydrogens is 164 g/mol. The average Bonchev–Trinajstić information content (AvgIpc) is 1.97. The molecule has 1 unspecified atom stereocenters. The Labute approximate surface area is 79.3 Å². The fourth-order valence-electron chi connectivity index (χ4n) is 1.23. The lowest BCUT2D eigenvalue weighted by Gasteiger charge is -2.27. The molecule has 3 heteroatoms. The minimum atomic E-state index is -0.0903. The molecule has 72 valence electrons. The van der Waals surface area contributed by atoms with Crippen LogP contribution in [0.5, 0.6) is 0 Å². The summed E-state index contributed by atoms with van der Waals surface area (Å²) in [5, 5.41) is 5.67. The molecule has 1 aliphatic carbocycles. The number of amides is 2. The van der Waals surface area contributed by atoms with E-state index in [1.165, 1.54) is 6.42 Å². The molecule has 1 aliphatic rings. The molecule has 2 amide bonds. The van der Waals surface area contributed by atoms with E-state index >= 15 is 0 Å². The third-order valence-electron chi connectivity index (χ3n) is 2.24. The van der Waals surface area contributed by atoms with Gasteiger partial charge in [0.2, 0.25) is 0 Å². The molecule has 3 nitrogen and oxygen atoms in total. The first-order valence-electron chi connectivity index (χ1n) is 4.73. The topological polar surface area (TPSA) is 41.1 Å². The summed E-state index contributed by atoms with van der Waals surface area (Å²) in [4.78, 5) is 11.2. The highest BCUT2D eigenvalue weighted by molar-refractivity contribution is 5.74. The Morgan fingerprint density at radius 2 is 2.38 bits per heavy atom. The van der Waals surface area contributed by atoms with E-state index < -0.39 is 0 Å². The summed E-state index contributed by atoms with van der Waals surface area (Å²) in [6, 6.07) is 0.357. The fraction of sp³-hybridized carbons (Fsp3) is 0.700. The van der Waals surface area contributed by atoms with Crippen LogP contribution < -0.4 is 10.6 Å². The van der Waals surface area contributed by atoms with Gasteiger partial charge in [0.15, 0.2) is 0 Å². The van der Waals surface area contributed by atoms with Crippen molar-refractivity contribution in [3.05, 3.63) is 0 Å². The average molecular weight is 180 g/mol. The lowest BCUT2D eigenvalue weighted by Crippen LogP contribution is -2.47. The maximum Gasteiger partial charge on any atom is 0.315 e. The van der Waals surface area contributed by atoms with Crippen molar-refractivity contribution < 1.29 is 4.79 Å². The summed E-state index contributed by atoms with van der Waals surface area (Å²) in [5.41, 5.74) is 0. The lowest BCUT2D eigenvalue weighted by molar-refractivity contribution is 0.225. The van der Waals surface area contributed by atoms with Crippen molar-refractivity contribution in [2.45, 2.75) is 44.7 Å². The van der Waals surface area contributed by atoms with Crippen LogP contribution in [-0.2, 0) is 0 Å². The first kappa shape index (κ1) is 9.91. The number of nitrogens with one attached hydrogen (secondary N) is 2. The van der Waals surface area contributed by atoms with Crippen molar-refractivity contribution in [2.75, 3.05) is 0 Å². The van der Waals surface area contributed by atoms with Crippen molar-refractivity contribution in [2.24, 2.45) is 0 Å². The van der Waals surface area contributed by atoms with Crippen molar-refractivity contribution in [3.63, 3.8) is 0 Å². The second kappa shape index (κ2) is 4.76. The van der Waals surface area contributed by atoms with Crippen LogP contribution in [0.25, 0.3) is 0 Å². The van der Waals surface area contributed by atoms with Crippen LogP contribution in [0.3, 0.4) is 0 Å². The molecule has 0 spiro atoms. The maximum atomic E-state index is 11.2. The maximum absolute atomic E-state index is 11.2. The van der Waals surface area contributed by atoms with E-state index in [4.69, 9.17) is 6.42 Å². The minimum absolute atomic E-state index is 0.0603. The predicted octanol–water partition coefficient (Wildman–Crippen LogP) is 1.25. The normalized spacial score (nSPS) is 18.2. The molecule has 0 aromatic heterocycles. The van der Waals surface area contributed by atoms with Gasteiger partial charge in [-0.25, -0.2) is 4.79 Å².